The van der Waals surface area contributed by atoms with Gasteiger partial charge in [-0.3, -0.25) is 4.79 Å². The summed E-state index contributed by atoms with van der Waals surface area (Å²) in [4.78, 5) is 11.0. The Balaban J connectivity index is 2.70. The zero-order valence-corrected chi connectivity index (χ0v) is 11.0. The van der Waals surface area contributed by atoms with Gasteiger partial charge in [0, 0.05) is 11.1 Å². The van der Waals surface area contributed by atoms with Crippen molar-refractivity contribution in [2.24, 2.45) is 0 Å². The van der Waals surface area contributed by atoms with Gasteiger partial charge in [0.1, 0.15) is 0 Å². The number of carbonyl (C=O) groups excluding carboxylic acids is 1. The van der Waals surface area contributed by atoms with Crippen LogP contribution in [-0.2, 0) is 11.2 Å². The van der Waals surface area contributed by atoms with E-state index in [1.165, 1.54) is 6.92 Å². The molecule has 1 N–H and O–H groups in total. The maximum atomic E-state index is 12.7. The molecule has 0 saturated heterocycles. The summed E-state index contributed by atoms with van der Waals surface area (Å²) in [5.74, 6) is -7.79. The lowest BCUT2D eigenvalue weighted by atomic mass is 10.1. The Hall–Kier alpha value is -1.37. The molecule has 2 nitrogen and oxygen atoms in total. The molecule has 0 heterocycles. The molecule has 0 aliphatic rings. The highest BCUT2D eigenvalue weighted by molar-refractivity contribution is 6.31. The van der Waals surface area contributed by atoms with Crippen molar-refractivity contribution in [1.82, 2.24) is 5.32 Å². The zero-order valence-electron chi connectivity index (χ0n) is 10.3. The highest BCUT2D eigenvalue weighted by Gasteiger charge is 2.63. The number of alkyl halides is 5. The summed E-state index contributed by atoms with van der Waals surface area (Å²) in [5, 5.41) is 1.98. The third kappa shape index (κ3) is 3.82. The van der Waals surface area contributed by atoms with Crippen LogP contribution in [0.5, 0.6) is 0 Å². The monoisotopic (exact) mass is 315 g/mol. The normalized spacial score (nSPS) is 13.9. The van der Waals surface area contributed by atoms with Crippen molar-refractivity contribution >= 4 is 17.5 Å². The van der Waals surface area contributed by atoms with Crippen molar-refractivity contribution in [3.8, 4) is 0 Å². The highest BCUT2D eigenvalue weighted by Crippen LogP contribution is 2.35. The van der Waals surface area contributed by atoms with Crippen molar-refractivity contribution in [1.29, 1.82) is 0 Å². The summed E-state index contributed by atoms with van der Waals surface area (Å²) in [5.41, 5.74) is 0.539. The molecule has 0 radical (unpaired) electrons. The minimum atomic E-state index is -5.92. The number of amides is 1. The lowest BCUT2D eigenvalue weighted by Gasteiger charge is -2.21. The molecule has 1 unspecified atom stereocenters. The van der Waals surface area contributed by atoms with Crippen molar-refractivity contribution in [3.05, 3.63) is 34.9 Å². The Bertz CT molecular complexity index is 489. The van der Waals surface area contributed by atoms with Crippen molar-refractivity contribution in [3.63, 3.8) is 0 Å². The Morgan fingerprint density at radius 1 is 1.25 bits per heavy atom. The van der Waals surface area contributed by atoms with Crippen LogP contribution in [0.2, 0.25) is 5.02 Å². The van der Waals surface area contributed by atoms with Crippen LogP contribution in [-0.4, -0.2) is 24.0 Å². The first-order chi connectivity index (χ1) is 9.05. The Kier molecular flexibility index (Phi) is 4.96. The maximum Gasteiger partial charge on any atom is 0.463 e. The van der Waals surface area contributed by atoms with E-state index in [0.29, 0.717) is 10.6 Å². The molecule has 1 atom stereocenters. The lowest BCUT2D eigenvalue weighted by Crippen LogP contribution is -2.52. The number of rotatable bonds is 4. The summed E-state index contributed by atoms with van der Waals surface area (Å²) in [6.45, 7) is 1.31. The Morgan fingerprint density at radius 3 is 2.30 bits per heavy atom. The van der Waals surface area contributed by atoms with Crippen molar-refractivity contribution in [2.45, 2.75) is 31.5 Å². The predicted molar refractivity (Wildman–Crippen MR) is 63.8 cm³/mol. The van der Waals surface area contributed by atoms with Gasteiger partial charge in [0.05, 0.1) is 0 Å². The van der Waals surface area contributed by atoms with E-state index in [9.17, 15) is 26.7 Å². The Labute approximate surface area is 116 Å². The smallest absolute Gasteiger partial charge is 0.348 e. The molecule has 1 amide bonds. The fourth-order valence-electron chi connectivity index (χ4n) is 1.49. The van der Waals surface area contributed by atoms with Gasteiger partial charge < -0.3 is 5.32 Å². The predicted octanol–water partition coefficient (Wildman–Crippen LogP) is 3.58. The fourth-order valence-corrected chi connectivity index (χ4v) is 1.70. The topological polar surface area (TPSA) is 29.1 Å². The van der Waals surface area contributed by atoms with Gasteiger partial charge in [-0.15, -0.1) is 0 Å². The van der Waals surface area contributed by atoms with Crippen LogP contribution in [0.3, 0.4) is 0 Å². The van der Waals surface area contributed by atoms with Crippen molar-refractivity contribution < 1.29 is 26.7 Å². The van der Waals surface area contributed by atoms with Gasteiger partial charge in [0.25, 0.3) is 0 Å². The van der Waals surface area contributed by atoms with Gasteiger partial charge >= 0.3 is 18.0 Å². The van der Waals surface area contributed by atoms with E-state index >= 15 is 0 Å². The fraction of sp³-hybridized carbons (Fsp3) is 0.417. The van der Waals surface area contributed by atoms with Crippen LogP contribution in [0.4, 0.5) is 22.0 Å². The van der Waals surface area contributed by atoms with Crippen LogP contribution >= 0.6 is 11.6 Å². The summed E-state index contributed by atoms with van der Waals surface area (Å²) in [7, 11) is 0. The first kappa shape index (κ1) is 16.7. The molecule has 0 aliphatic carbocycles. The second-order valence-electron chi connectivity index (χ2n) is 4.24. The first-order valence-corrected chi connectivity index (χ1v) is 5.92. The molecule has 1 aromatic rings. The molecule has 0 fully saturated rings. The third-order valence-corrected chi connectivity index (χ3v) is 2.87. The number of benzene rings is 1. The van der Waals surface area contributed by atoms with E-state index in [1.807, 2.05) is 0 Å². The minimum absolute atomic E-state index is 0.0410. The van der Waals surface area contributed by atoms with Crippen LogP contribution in [0.15, 0.2) is 24.3 Å². The van der Waals surface area contributed by atoms with E-state index < -0.39 is 24.0 Å². The molecule has 8 heteroatoms. The van der Waals surface area contributed by atoms with Crippen LogP contribution < -0.4 is 5.32 Å². The summed E-state index contributed by atoms with van der Waals surface area (Å²) >= 11 is 5.83. The largest absolute Gasteiger partial charge is 0.463 e. The molecule has 1 aromatic carbocycles. The average Bonchev–Trinajstić information content (AvgIpc) is 2.30. The number of hydrogen-bond donors (Lipinski definition) is 1. The van der Waals surface area contributed by atoms with Crippen LogP contribution in [0.1, 0.15) is 12.5 Å². The molecular formula is C12H11ClF5NO. The number of hydrogen-bond acceptors (Lipinski definition) is 1. The average molecular weight is 316 g/mol. The number of halogens is 6. The number of carbonyl (C=O) groups is 1. The SMILES string of the molecule is CC(Cc1ccccc1Cl)NC(=O)C(F)(F)C(F)(F)F. The van der Waals surface area contributed by atoms with Crippen molar-refractivity contribution in [2.75, 3.05) is 0 Å². The molecule has 0 spiro atoms. The van der Waals surface area contributed by atoms with E-state index in [0.717, 1.165) is 0 Å². The van der Waals surface area contributed by atoms with Gasteiger partial charge in [0.15, 0.2) is 0 Å². The molecule has 0 aliphatic heterocycles. The summed E-state index contributed by atoms with van der Waals surface area (Å²) in [6.07, 6.45) is -5.87. The van der Waals surface area contributed by atoms with E-state index in [2.05, 4.69) is 0 Å². The molecule has 1 rings (SSSR count). The molecule has 0 bridgehead atoms. The first-order valence-electron chi connectivity index (χ1n) is 5.54. The van der Waals surface area contributed by atoms with Gasteiger partial charge in [0.2, 0.25) is 0 Å². The lowest BCUT2D eigenvalue weighted by molar-refractivity contribution is -0.270. The maximum absolute atomic E-state index is 12.7. The third-order valence-electron chi connectivity index (χ3n) is 2.50. The molecule has 0 aromatic heterocycles. The quantitative estimate of drug-likeness (QED) is 0.845. The Morgan fingerprint density at radius 2 is 1.80 bits per heavy atom. The van der Waals surface area contributed by atoms with Gasteiger partial charge in [-0.05, 0) is 25.0 Å². The van der Waals surface area contributed by atoms with E-state index in [-0.39, 0.29) is 6.42 Å². The van der Waals surface area contributed by atoms with Gasteiger partial charge in [-0.1, -0.05) is 29.8 Å². The zero-order chi connectivity index (χ0) is 15.6. The second kappa shape index (κ2) is 5.95. The molecule has 0 saturated carbocycles. The van der Waals surface area contributed by atoms with E-state index in [1.54, 1.807) is 29.6 Å². The van der Waals surface area contributed by atoms with Gasteiger partial charge in [-0.2, -0.15) is 22.0 Å². The summed E-state index contributed by atoms with van der Waals surface area (Å²) in [6, 6.07) is 5.51. The van der Waals surface area contributed by atoms with Crippen LogP contribution in [0.25, 0.3) is 0 Å². The van der Waals surface area contributed by atoms with E-state index in [4.69, 9.17) is 11.6 Å². The number of nitrogens with one attached hydrogen (secondary N) is 1. The highest BCUT2D eigenvalue weighted by atomic mass is 35.5. The van der Waals surface area contributed by atoms with Gasteiger partial charge in [-0.25, -0.2) is 0 Å². The van der Waals surface area contributed by atoms with Crippen LogP contribution in [0, 0.1) is 0 Å². The molecular weight excluding hydrogens is 305 g/mol. The standard InChI is InChI=1S/C12H11ClF5NO/c1-7(6-8-4-2-3-5-9(8)13)19-10(20)11(14,15)12(16,17)18/h2-5,7H,6H2,1H3,(H,19,20). The minimum Gasteiger partial charge on any atom is -0.348 e. The molecule has 112 valence electrons. The summed E-state index contributed by atoms with van der Waals surface area (Å²) < 4.78 is 61.5. The molecule has 20 heavy (non-hydrogen) atoms. The second-order valence-corrected chi connectivity index (χ2v) is 4.65.